The van der Waals surface area contributed by atoms with Gasteiger partial charge >= 0.3 is 0 Å². The molecule has 0 atom stereocenters. The summed E-state index contributed by atoms with van der Waals surface area (Å²) in [5, 5.41) is 10.9. The highest BCUT2D eigenvalue weighted by molar-refractivity contribution is 7.00. The molecule has 0 radical (unpaired) electrons. The van der Waals surface area contributed by atoms with Crippen molar-refractivity contribution in [1.29, 1.82) is 0 Å². The molecule has 3 heterocycles. The summed E-state index contributed by atoms with van der Waals surface area (Å²) in [4.78, 5) is 15.2. The maximum absolute atomic E-state index is 5.18. The molecule has 1 aromatic heterocycles. The normalized spacial score (nSPS) is 13.0. The number of para-hydroxylation sites is 3. The fraction of sp³-hybridized carbons (Fsp3) is 0. The molecule has 0 spiro atoms. The Bertz CT molecular complexity index is 3340. The number of nitrogens with zero attached hydrogens (tertiary/aromatic N) is 4. The predicted octanol–water partition coefficient (Wildman–Crippen LogP) is 12.0. The number of benzene rings is 10. The van der Waals surface area contributed by atoms with Gasteiger partial charge in [0.25, 0.3) is 6.71 Å². The van der Waals surface area contributed by atoms with Gasteiger partial charge in [-0.15, -0.1) is 0 Å². The second-order valence-corrected chi connectivity index (χ2v) is 15.9. The molecule has 5 heteroatoms. The van der Waals surface area contributed by atoms with Crippen LogP contribution in [0.5, 0.6) is 0 Å². The second-order valence-electron chi connectivity index (χ2n) is 15.9. The van der Waals surface area contributed by atoms with Crippen LogP contribution in [0.3, 0.4) is 0 Å². The van der Waals surface area contributed by atoms with E-state index in [9.17, 15) is 0 Å². The first-order valence-electron chi connectivity index (χ1n) is 20.3. The van der Waals surface area contributed by atoms with Gasteiger partial charge in [-0.3, -0.25) is 0 Å². The molecule has 13 rings (SSSR count). The molecule has 11 aromatic rings. The minimum absolute atomic E-state index is 0.0526. The van der Waals surface area contributed by atoms with E-state index < -0.39 is 0 Å². The number of hydrogen-bond acceptors (Lipinski definition) is 4. The molecule has 2 aliphatic heterocycles. The van der Waals surface area contributed by atoms with Crippen LogP contribution < -0.4 is 26.2 Å². The molecule has 4 nitrogen and oxygen atoms in total. The van der Waals surface area contributed by atoms with Gasteiger partial charge < -0.3 is 9.80 Å². The van der Waals surface area contributed by atoms with Crippen molar-refractivity contribution in [3.8, 4) is 11.4 Å². The molecule has 0 unspecified atom stereocenters. The number of fused-ring (bicyclic) bond motifs is 9. The minimum Gasteiger partial charge on any atom is -0.311 e. The fourth-order valence-electron chi connectivity index (χ4n) is 9.82. The first kappa shape index (κ1) is 32.3. The third-order valence-corrected chi connectivity index (χ3v) is 12.5. The van der Waals surface area contributed by atoms with Gasteiger partial charge in [0.1, 0.15) is 0 Å². The SMILES string of the molecule is c1ccc(N2c3cc4cc5ccccc5cc4cc3B3c4cc5cc6ccccc6cc5cc4N(c4ccccc4)c4cc(-c5ncc6ccccc6n5)cc2c43)cc1. The van der Waals surface area contributed by atoms with Crippen molar-refractivity contribution in [1.82, 2.24) is 9.97 Å². The maximum atomic E-state index is 5.18. The average molecular weight is 749 g/mol. The summed E-state index contributed by atoms with van der Waals surface area (Å²) in [5.41, 5.74) is 12.6. The molecule has 272 valence electrons. The minimum atomic E-state index is -0.0526. The van der Waals surface area contributed by atoms with Gasteiger partial charge in [-0.05, 0) is 138 Å². The third-order valence-electron chi connectivity index (χ3n) is 12.5. The van der Waals surface area contributed by atoms with E-state index in [2.05, 4.69) is 192 Å². The summed E-state index contributed by atoms with van der Waals surface area (Å²) < 4.78 is 0. The summed E-state index contributed by atoms with van der Waals surface area (Å²) in [6.07, 6.45) is 1.95. The summed E-state index contributed by atoms with van der Waals surface area (Å²) in [7, 11) is 0. The van der Waals surface area contributed by atoms with E-state index >= 15 is 0 Å². The molecular weight excluding hydrogens is 715 g/mol. The first-order valence-corrected chi connectivity index (χ1v) is 20.3. The lowest BCUT2D eigenvalue weighted by Gasteiger charge is -2.44. The Morgan fingerprint density at radius 1 is 0.356 bits per heavy atom. The van der Waals surface area contributed by atoms with Gasteiger partial charge in [0, 0.05) is 51.3 Å². The topological polar surface area (TPSA) is 32.3 Å². The summed E-state index contributed by atoms with van der Waals surface area (Å²) in [5.74, 6) is 0.701. The van der Waals surface area contributed by atoms with E-state index in [0.717, 1.165) is 39.2 Å². The van der Waals surface area contributed by atoms with E-state index in [4.69, 9.17) is 9.97 Å². The van der Waals surface area contributed by atoms with Crippen LogP contribution in [0.15, 0.2) is 200 Å². The molecular formula is C54H33BN4. The van der Waals surface area contributed by atoms with Crippen LogP contribution in [-0.2, 0) is 0 Å². The van der Waals surface area contributed by atoms with Gasteiger partial charge in [-0.1, -0.05) is 115 Å². The molecule has 0 saturated heterocycles. The highest BCUT2D eigenvalue weighted by atomic mass is 15.2. The van der Waals surface area contributed by atoms with Crippen LogP contribution in [0.25, 0.3) is 65.4 Å². The van der Waals surface area contributed by atoms with E-state index in [1.807, 2.05) is 18.3 Å². The lowest BCUT2D eigenvalue weighted by atomic mass is 9.33. The van der Waals surface area contributed by atoms with Crippen molar-refractivity contribution in [3.63, 3.8) is 0 Å². The Morgan fingerprint density at radius 2 is 0.780 bits per heavy atom. The van der Waals surface area contributed by atoms with Gasteiger partial charge in [0.2, 0.25) is 0 Å². The monoisotopic (exact) mass is 748 g/mol. The van der Waals surface area contributed by atoms with Crippen LogP contribution in [0.1, 0.15) is 0 Å². The summed E-state index contributed by atoms with van der Waals surface area (Å²) in [6.45, 7) is -0.0526. The van der Waals surface area contributed by atoms with Crippen molar-refractivity contribution in [2.75, 3.05) is 9.80 Å². The van der Waals surface area contributed by atoms with E-state index in [0.29, 0.717) is 5.82 Å². The lowest BCUT2D eigenvalue weighted by molar-refractivity contribution is 1.21. The maximum Gasteiger partial charge on any atom is 0.252 e. The molecule has 10 aromatic carbocycles. The van der Waals surface area contributed by atoms with Gasteiger partial charge in [-0.2, -0.15) is 0 Å². The Kier molecular flexibility index (Phi) is 6.78. The van der Waals surface area contributed by atoms with E-state index in [1.54, 1.807) is 0 Å². The molecule has 0 amide bonds. The average Bonchev–Trinajstić information content (AvgIpc) is 3.29. The van der Waals surface area contributed by atoms with Gasteiger partial charge in [0.05, 0.1) is 5.52 Å². The lowest BCUT2D eigenvalue weighted by Crippen LogP contribution is -2.61. The van der Waals surface area contributed by atoms with Crippen molar-refractivity contribution in [2.45, 2.75) is 0 Å². The zero-order chi connectivity index (χ0) is 38.6. The second kappa shape index (κ2) is 12.4. The fourth-order valence-corrected chi connectivity index (χ4v) is 9.82. The van der Waals surface area contributed by atoms with Crippen LogP contribution in [0, 0.1) is 0 Å². The molecule has 59 heavy (non-hydrogen) atoms. The molecule has 2 aliphatic rings. The standard InChI is InChI=1S/C54H33BN4/c1-3-18-44(19-4-1)58-49-29-41-25-36-15-9-7-13-34(36)23-39(41)27-46(49)55-47-28-40-24-35-14-8-10-16-37(35)26-42(40)30-50(47)59(45-20-5-2-6-21-45)52-32-43(31-51(58)53(52)55)54-56-33-38-17-11-12-22-48(38)57-54/h1-33H. The number of anilines is 6. The summed E-state index contributed by atoms with van der Waals surface area (Å²) in [6, 6.07) is 71.1. The van der Waals surface area contributed by atoms with Gasteiger partial charge in [-0.25, -0.2) is 9.97 Å². The first-order chi connectivity index (χ1) is 29.2. The Labute approximate surface area is 341 Å². The third kappa shape index (κ3) is 4.92. The van der Waals surface area contributed by atoms with Crippen molar-refractivity contribution in [2.24, 2.45) is 0 Å². The zero-order valence-electron chi connectivity index (χ0n) is 31.9. The van der Waals surface area contributed by atoms with Crippen LogP contribution in [0.2, 0.25) is 0 Å². The van der Waals surface area contributed by atoms with E-state index in [-0.39, 0.29) is 6.71 Å². The molecule has 0 saturated carbocycles. The molecule has 0 fully saturated rings. The van der Waals surface area contributed by atoms with Crippen molar-refractivity contribution >= 4 is 111 Å². The highest BCUT2D eigenvalue weighted by Gasteiger charge is 2.44. The summed E-state index contributed by atoms with van der Waals surface area (Å²) >= 11 is 0. The number of rotatable bonds is 3. The quantitative estimate of drug-likeness (QED) is 0.133. The highest BCUT2D eigenvalue weighted by Crippen LogP contribution is 2.47. The Balaban J connectivity index is 1.18. The van der Waals surface area contributed by atoms with Gasteiger partial charge in [0.15, 0.2) is 5.82 Å². The Hall–Kier alpha value is -7.76. The number of hydrogen-bond donors (Lipinski definition) is 0. The Morgan fingerprint density at radius 3 is 1.27 bits per heavy atom. The smallest absolute Gasteiger partial charge is 0.252 e. The predicted molar refractivity (Wildman–Crippen MR) is 249 cm³/mol. The molecule has 0 N–H and O–H groups in total. The van der Waals surface area contributed by atoms with Crippen LogP contribution >= 0.6 is 0 Å². The van der Waals surface area contributed by atoms with Crippen molar-refractivity contribution in [3.05, 3.63) is 200 Å². The largest absolute Gasteiger partial charge is 0.311 e. The molecule has 0 aliphatic carbocycles. The van der Waals surface area contributed by atoms with Crippen LogP contribution in [-0.4, -0.2) is 16.7 Å². The van der Waals surface area contributed by atoms with Crippen LogP contribution in [0.4, 0.5) is 34.1 Å². The van der Waals surface area contributed by atoms with E-state index in [1.165, 1.54) is 70.9 Å². The van der Waals surface area contributed by atoms with Crippen molar-refractivity contribution < 1.29 is 0 Å². The number of aromatic nitrogens is 2. The zero-order valence-corrected chi connectivity index (χ0v) is 31.9. The molecule has 0 bridgehead atoms.